The Morgan fingerprint density at radius 3 is 2.83 bits per heavy atom. The summed E-state index contributed by atoms with van der Waals surface area (Å²) in [5.41, 5.74) is 1.74. The monoisotopic (exact) mass is 264 g/mol. The predicted molar refractivity (Wildman–Crippen MR) is 74.0 cm³/mol. The van der Waals surface area contributed by atoms with Crippen molar-refractivity contribution in [1.82, 2.24) is 0 Å². The number of halogens is 1. The van der Waals surface area contributed by atoms with E-state index in [2.05, 4.69) is 6.92 Å². The van der Waals surface area contributed by atoms with Gasteiger partial charge in [-0.05, 0) is 36.5 Å². The number of alkyl halides is 1. The zero-order valence-corrected chi connectivity index (χ0v) is 11.4. The van der Waals surface area contributed by atoms with Crippen LogP contribution in [0.2, 0.25) is 0 Å². The zero-order valence-electron chi connectivity index (χ0n) is 10.7. The van der Waals surface area contributed by atoms with Crippen LogP contribution in [0.25, 0.3) is 6.08 Å². The minimum atomic E-state index is -0.380. The highest BCUT2D eigenvalue weighted by atomic mass is 35.5. The van der Waals surface area contributed by atoms with Crippen molar-refractivity contribution in [2.24, 2.45) is 5.92 Å². The number of methoxy groups -OCH3 is 1. The number of hydrogen-bond acceptors (Lipinski definition) is 2. The van der Waals surface area contributed by atoms with Crippen molar-refractivity contribution < 1.29 is 9.53 Å². The molecule has 2 atom stereocenters. The fraction of sp³-hybridized carbons (Fsp3) is 0.400. The Bertz CT molecular complexity index is 479. The maximum absolute atomic E-state index is 12.0. The molecular weight excluding hydrogens is 248 g/mol. The van der Waals surface area contributed by atoms with Crippen LogP contribution in [0.5, 0.6) is 5.75 Å². The SMILES string of the molecule is COc1ccccc1C=C1CC(C)CC(Cl)C1=O. The van der Waals surface area contributed by atoms with E-state index in [9.17, 15) is 4.79 Å². The van der Waals surface area contributed by atoms with Crippen molar-refractivity contribution in [3.63, 3.8) is 0 Å². The van der Waals surface area contributed by atoms with E-state index in [1.165, 1.54) is 0 Å². The number of Topliss-reactive ketones (excluding diaryl/α,β-unsaturated/α-hetero) is 1. The van der Waals surface area contributed by atoms with Gasteiger partial charge in [-0.15, -0.1) is 11.6 Å². The lowest BCUT2D eigenvalue weighted by molar-refractivity contribution is -0.116. The van der Waals surface area contributed by atoms with Crippen molar-refractivity contribution in [2.45, 2.75) is 25.1 Å². The van der Waals surface area contributed by atoms with Gasteiger partial charge in [0.1, 0.15) is 5.75 Å². The van der Waals surface area contributed by atoms with E-state index >= 15 is 0 Å². The molecule has 0 aliphatic heterocycles. The highest BCUT2D eigenvalue weighted by Gasteiger charge is 2.28. The number of carbonyl (C=O) groups is 1. The fourth-order valence-corrected chi connectivity index (χ4v) is 2.77. The first kappa shape index (κ1) is 13.2. The molecule has 96 valence electrons. The second-order valence-corrected chi connectivity index (χ2v) is 5.32. The van der Waals surface area contributed by atoms with Crippen LogP contribution in [0.15, 0.2) is 29.8 Å². The Morgan fingerprint density at radius 2 is 2.11 bits per heavy atom. The van der Waals surface area contributed by atoms with Gasteiger partial charge in [0.2, 0.25) is 0 Å². The van der Waals surface area contributed by atoms with Crippen molar-refractivity contribution in [3.8, 4) is 5.75 Å². The maximum Gasteiger partial charge on any atom is 0.176 e. The summed E-state index contributed by atoms with van der Waals surface area (Å²) in [4.78, 5) is 12.0. The van der Waals surface area contributed by atoms with Gasteiger partial charge >= 0.3 is 0 Å². The summed E-state index contributed by atoms with van der Waals surface area (Å²) in [6.45, 7) is 2.12. The second-order valence-electron chi connectivity index (χ2n) is 4.79. The van der Waals surface area contributed by atoms with E-state index in [0.717, 1.165) is 29.7 Å². The van der Waals surface area contributed by atoms with Gasteiger partial charge in [-0.2, -0.15) is 0 Å². The van der Waals surface area contributed by atoms with Crippen molar-refractivity contribution in [2.75, 3.05) is 7.11 Å². The molecule has 0 bridgehead atoms. The highest BCUT2D eigenvalue weighted by Crippen LogP contribution is 2.31. The number of para-hydroxylation sites is 1. The van der Waals surface area contributed by atoms with Crippen LogP contribution in [-0.4, -0.2) is 18.3 Å². The Hall–Kier alpha value is -1.28. The Morgan fingerprint density at radius 1 is 1.39 bits per heavy atom. The minimum absolute atomic E-state index is 0.0562. The van der Waals surface area contributed by atoms with Gasteiger partial charge in [0.25, 0.3) is 0 Å². The number of benzene rings is 1. The van der Waals surface area contributed by atoms with Crippen LogP contribution in [0.4, 0.5) is 0 Å². The molecule has 3 heteroatoms. The van der Waals surface area contributed by atoms with Gasteiger partial charge < -0.3 is 4.74 Å². The average molecular weight is 265 g/mol. The summed E-state index contributed by atoms with van der Waals surface area (Å²) in [5, 5.41) is -0.380. The lowest BCUT2D eigenvalue weighted by Crippen LogP contribution is -2.26. The molecule has 1 aliphatic rings. The zero-order chi connectivity index (χ0) is 13.1. The summed E-state index contributed by atoms with van der Waals surface area (Å²) in [6, 6.07) is 7.68. The summed E-state index contributed by atoms with van der Waals surface area (Å²) in [5.74, 6) is 1.29. The fourth-order valence-electron chi connectivity index (χ4n) is 2.32. The molecule has 0 saturated heterocycles. The Kier molecular flexibility index (Phi) is 4.07. The molecule has 0 aromatic heterocycles. The number of allylic oxidation sites excluding steroid dienone is 1. The molecule has 0 spiro atoms. The first-order chi connectivity index (χ1) is 8.61. The van der Waals surface area contributed by atoms with Crippen LogP contribution in [0.3, 0.4) is 0 Å². The molecule has 1 aromatic rings. The summed E-state index contributed by atoms with van der Waals surface area (Å²) in [7, 11) is 1.63. The molecule has 1 aromatic carbocycles. The van der Waals surface area contributed by atoms with E-state index in [1.807, 2.05) is 30.3 Å². The van der Waals surface area contributed by atoms with E-state index < -0.39 is 0 Å². The number of ether oxygens (including phenoxy) is 1. The number of rotatable bonds is 2. The van der Waals surface area contributed by atoms with Crippen molar-refractivity contribution in [3.05, 3.63) is 35.4 Å². The molecular formula is C15H17ClO2. The van der Waals surface area contributed by atoms with Gasteiger partial charge in [-0.25, -0.2) is 0 Å². The van der Waals surface area contributed by atoms with Crippen LogP contribution in [0, 0.1) is 5.92 Å². The quantitative estimate of drug-likeness (QED) is 0.602. The normalized spacial score (nSPS) is 26.4. The standard InChI is InChI=1S/C15H17ClO2/c1-10-7-12(15(17)13(16)8-10)9-11-5-3-4-6-14(11)18-2/h3-6,9-10,13H,7-8H2,1-2H3. The molecule has 1 saturated carbocycles. The number of ketones is 1. The van der Waals surface area contributed by atoms with Gasteiger partial charge in [-0.1, -0.05) is 25.1 Å². The van der Waals surface area contributed by atoms with E-state index in [1.54, 1.807) is 7.11 Å². The molecule has 0 heterocycles. The maximum atomic E-state index is 12.0. The smallest absolute Gasteiger partial charge is 0.176 e. The van der Waals surface area contributed by atoms with E-state index in [0.29, 0.717) is 5.92 Å². The molecule has 1 fully saturated rings. The average Bonchev–Trinajstić information content (AvgIpc) is 2.36. The summed E-state index contributed by atoms with van der Waals surface area (Å²) >= 11 is 6.07. The number of hydrogen-bond donors (Lipinski definition) is 0. The van der Waals surface area contributed by atoms with Crippen LogP contribution in [-0.2, 0) is 4.79 Å². The van der Waals surface area contributed by atoms with Crippen LogP contribution < -0.4 is 4.74 Å². The highest BCUT2D eigenvalue weighted by molar-refractivity contribution is 6.34. The Labute approximate surface area is 113 Å². The molecule has 0 N–H and O–H groups in total. The third-order valence-electron chi connectivity index (χ3n) is 3.25. The first-order valence-corrected chi connectivity index (χ1v) is 6.57. The largest absolute Gasteiger partial charge is 0.496 e. The van der Waals surface area contributed by atoms with Crippen molar-refractivity contribution >= 4 is 23.5 Å². The topological polar surface area (TPSA) is 26.3 Å². The van der Waals surface area contributed by atoms with Gasteiger partial charge in [0.15, 0.2) is 5.78 Å². The van der Waals surface area contributed by atoms with E-state index in [4.69, 9.17) is 16.3 Å². The second kappa shape index (κ2) is 5.57. The summed E-state index contributed by atoms with van der Waals surface area (Å²) < 4.78 is 5.29. The van der Waals surface area contributed by atoms with E-state index in [-0.39, 0.29) is 11.2 Å². The van der Waals surface area contributed by atoms with Crippen LogP contribution >= 0.6 is 11.6 Å². The third kappa shape index (κ3) is 2.75. The molecule has 0 radical (unpaired) electrons. The Balaban J connectivity index is 2.34. The molecule has 2 rings (SSSR count). The van der Waals surface area contributed by atoms with Crippen LogP contribution in [0.1, 0.15) is 25.3 Å². The minimum Gasteiger partial charge on any atom is -0.496 e. The van der Waals surface area contributed by atoms with Gasteiger partial charge in [0, 0.05) is 5.56 Å². The summed E-state index contributed by atoms with van der Waals surface area (Å²) in [6.07, 6.45) is 3.47. The lowest BCUT2D eigenvalue weighted by atomic mass is 9.84. The van der Waals surface area contributed by atoms with Crippen molar-refractivity contribution in [1.29, 1.82) is 0 Å². The number of carbonyl (C=O) groups excluding carboxylic acids is 1. The predicted octanol–water partition coefficient (Wildman–Crippen LogP) is 3.69. The van der Waals surface area contributed by atoms with Gasteiger partial charge in [-0.3, -0.25) is 4.79 Å². The first-order valence-electron chi connectivity index (χ1n) is 6.13. The molecule has 0 amide bonds. The molecule has 1 aliphatic carbocycles. The lowest BCUT2D eigenvalue weighted by Gasteiger charge is -2.23. The molecule has 18 heavy (non-hydrogen) atoms. The molecule has 2 unspecified atom stereocenters. The van der Waals surface area contributed by atoms with Gasteiger partial charge in [0.05, 0.1) is 12.5 Å². The molecule has 2 nitrogen and oxygen atoms in total. The third-order valence-corrected chi connectivity index (χ3v) is 3.62.